The minimum absolute atomic E-state index is 0.0394. The summed E-state index contributed by atoms with van der Waals surface area (Å²) in [5.74, 6) is -0.561. The van der Waals surface area contributed by atoms with Gasteiger partial charge >= 0.3 is 5.97 Å². The average molecular weight is 549 g/mol. The van der Waals surface area contributed by atoms with Gasteiger partial charge in [0.15, 0.2) is 5.79 Å². The molecule has 39 heavy (non-hydrogen) atoms. The molecule has 0 amide bonds. The van der Waals surface area contributed by atoms with Gasteiger partial charge in [-0.2, -0.15) is 0 Å². The van der Waals surface area contributed by atoms with Gasteiger partial charge in [0.05, 0.1) is 30.0 Å². The van der Waals surface area contributed by atoms with E-state index < -0.39 is 29.0 Å². The summed E-state index contributed by atoms with van der Waals surface area (Å²) in [5, 5.41) is 34.7. The molecule has 2 unspecified atom stereocenters. The first kappa shape index (κ1) is 28.1. The van der Waals surface area contributed by atoms with E-state index in [1.54, 1.807) is 13.2 Å². The average Bonchev–Trinajstić information content (AvgIpc) is 3.41. The highest BCUT2D eigenvalue weighted by molar-refractivity contribution is 5.85. The summed E-state index contributed by atoms with van der Waals surface area (Å²) in [4.78, 5) is 11.8. The maximum atomic E-state index is 12.4. The molecule has 0 radical (unpaired) electrons. The molecule has 0 bridgehead atoms. The molecule has 13 atom stereocenters. The minimum Gasteiger partial charge on any atom is -0.458 e. The molecule has 0 spiro atoms. The van der Waals surface area contributed by atoms with Gasteiger partial charge < -0.3 is 34.3 Å². The van der Waals surface area contributed by atoms with Crippen molar-refractivity contribution in [3.05, 3.63) is 11.6 Å². The largest absolute Gasteiger partial charge is 0.458 e. The summed E-state index contributed by atoms with van der Waals surface area (Å²) in [5.41, 5.74) is -0.415. The first-order valence-electron chi connectivity index (χ1n) is 15.2. The summed E-state index contributed by atoms with van der Waals surface area (Å²) in [6, 6.07) is 0. The lowest BCUT2D eigenvalue weighted by molar-refractivity contribution is -0.330. The summed E-state index contributed by atoms with van der Waals surface area (Å²) >= 11 is 0. The van der Waals surface area contributed by atoms with E-state index in [4.69, 9.17) is 18.9 Å². The standard InChI is InChI=1S/C31H48O8/c1-17-27(34)24(36-5)15-30(4,38-17)39-20-8-10-28(2)19(13-20)6-7-22-26(28)23(32)14-29(3)21(9-11-31(22,29)35)18-12-25(33)37-16-18/h12,17,19-24,26-27,32,34-35H,6-11,13-16H2,1-5H3/t17-,19+,20-,21+,22?,23+,24-,26?,27+,28-,29+,30-,31-/m0/s1. The lowest BCUT2D eigenvalue weighted by Gasteiger charge is -2.65. The highest BCUT2D eigenvalue weighted by Gasteiger charge is 2.70. The number of methoxy groups -OCH3 is 1. The van der Waals surface area contributed by atoms with Crippen molar-refractivity contribution in [1.29, 1.82) is 0 Å². The second-order valence-corrected chi connectivity index (χ2v) is 14.4. The summed E-state index contributed by atoms with van der Waals surface area (Å²) < 4.78 is 23.6. The SMILES string of the molecule is CO[C@H]1C[C@](C)(O[C@H]2CC[C@]3(C)C4C(CC[C@@H]3C2)[C@@]2(O)CC[C@H](C3=CC(=O)OC3)[C@@]2(C)C[C@H]4O)O[C@@H](C)[C@H]1O. The maximum Gasteiger partial charge on any atom is 0.331 e. The van der Waals surface area contributed by atoms with Crippen LogP contribution in [0.4, 0.5) is 0 Å². The van der Waals surface area contributed by atoms with Gasteiger partial charge in [0.1, 0.15) is 12.7 Å². The van der Waals surface area contributed by atoms with E-state index in [1.807, 2.05) is 13.8 Å². The Hall–Kier alpha value is -1.03. The van der Waals surface area contributed by atoms with Gasteiger partial charge in [-0.15, -0.1) is 0 Å². The van der Waals surface area contributed by atoms with Gasteiger partial charge in [-0.1, -0.05) is 13.8 Å². The molecule has 0 aromatic carbocycles. The number of carbonyl (C=O) groups is 1. The van der Waals surface area contributed by atoms with Crippen molar-refractivity contribution in [2.24, 2.45) is 34.5 Å². The molecule has 8 nitrogen and oxygen atoms in total. The molecule has 8 heteroatoms. The summed E-state index contributed by atoms with van der Waals surface area (Å²) in [7, 11) is 1.62. The van der Waals surface area contributed by atoms with Crippen molar-refractivity contribution in [1.82, 2.24) is 0 Å². The van der Waals surface area contributed by atoms with Crippen molar-refractivity contribution < 1.29 is 39.1 Å². The van der Waals surface area contributed by atoms with E-state index in [0.29, 0.717) is 31.8 Å². The Labute approximate surface area is 232 Å². The minimum atomic E-state index is -0.856. The van der Waals surface area contributed by atoms with Crippen LogP contribution in [0.5, 0.6) is 0 Å². The highest BCUT2D eigenvalue weighted by Crippen LogP contribution is 2.70. The fraction of sp³-hybridized carbons (Fsp3) is 0.903. The number of hydrogen-bond donors (Lipinski definition) is 3. The number of aliphatic hydroxyl groups is 3. The molecular weight excluding hydrogens is 500 g/mol. The van der Waals surface area contributed by atoms with E-state index in [-0.39, 0.29) is 47.4 Å². The fourth-order valence-electron chi connectivity index (χ4n) is 10.5. The molecular formula is C31H48O8. The van der Waals surface area contributed by atoms with Crippen LogP contribution in [0.15, 0.2) is 11.6 Å². The predicted octanol–water partition coefficient (Wildman–Crippen LogP) is 3.50. The van der Waals surface area contributed by atoms with Crippen LogP contribution < -0.4 is 0 Å². The second kappa shape index (κ2) is 9.50. The van der Waals surface area contributed by atoms with Crippen LogP contribution in [-0.4, -0.2) is 76.9 Å². The number of fused-ring (bicyclic) bond motifs is 5. The van der Waals surface area contributed by atoms with Crippen molar-refractivity contribution in [2.75, 3.05) is 13.7 Å². The lowest BCUT2D eigenvalue weighted by atomic mass is 9.42. The Balaban J connectivity index is 1.19. The first-order valence-corrected chi connectivity index (χ1v) is 15.2. The number of rotatable bonds is 4. The number of hydrogen-bond acceptors (Lipinski definition) is 8. The molecule has 4 saturated carbocycles. The van der Waals surface area contributed by atoms with E-state index in [9.17, 15) is 20.1 Å². The molecule has 0 aromatic heterocycles. The number of esters is 1. The topological polar surface area (TPSA) is 115 Å². The van der Waals surface area contributed by atoms with Crippen LogP contribution in [0, 0.1) is 34.5 Å². The third-order valence-electron chi connectivity index (χ3n) is 12.5. The molecule has 6 aliphatic rings. The predicted molar refractivity (Wildman–Crippen MR) is 142 cm³/mol. The molecule has 220 valence electrons. The molecule has 1 saturated heterocycles. The van der Waals surface area contributed by atoms with Crippen LogP contribution >= 0.6 is 0 Å². The van der Waals surface area contributed by atoms with Crippen LogP contribution in [0.1, 0.15) is 85.5 Å². The smallest absolute Gasteiger partial charge is 0.331 e. The van der Waals surface area contributed by atoms with Crippen LogP contribution in [0.25, 0.3) is 0 Å². The molecule has 4 aliphatic carbocycles. The zero-order chi connectivity index (χ0) is 28.0. The molecule has 2 heterocycles. The number of ether oxygens (including phenoxy) is 4. The van der Waals surface area contributed by atoms with Crippen molar-refractivity contribution in [3.63, 3.8) is 0 Å². The molecule has 0 aromatic rings. The van der Waals surface area contributed by atoms with Gasteiger partial charge in [0.2, 0.25) is 0 Å². The van der Waals surface area contributed by atoms with Gasteiger partial charge in [-0.05, 0) is 99.9 Å². The van der Waals surface area contributed by atoms with Gasteiger partial charge in [0, 0.05) is 25.0 Å². The summed E-state index contributed by atoms with van der Waals surface area (Å²) in [6.45, 7) is 8.62. The van der Waals surface area contributed by atoms with Crippen LogP contribution in [-0.2, 0) is 23.7 Å². The Morgan fingerprint density at radius 3 is 2.51 bits per heavy atom. The number of carbonyl (C=O) groups excluding carboxylic acids is 1. The van der Waals surface area contributed by atoms with E-state index in [0.717, 1.165) is 44.1 Å². The van der Waals surface area contributed by atoms with Crippen molar-refractivity contribution in [3.8, 4) is 0 Å². The maximum absolute atomic E-state index is 12.4. The lowest BCUT2D eigenvalue weighted by Crippen LogP contribution is -2.66. The zero-order valence-corrected chi connectivity index (χ0v) is 24.2. The molecule has 2 aliphatic heterocycles. The van der Waals surface area contributed by atoms with Crippen molar-refractivity contribution in [2.45, 2.75) is 127 Å². The van der Waals surface area contributed by atoms with Gasteiger partial charge in [-0.3, -0.25) is 0 Å². The Morgan fingerprint density at radius 2 is 1.82 bits per heavy atom. The number of aliphatic hydroxyl groups excluding tert-OH is 2. The second-order valence-electron chi connectivity index (χ2n) is 14.4. The third-order valence-corrected chi connectivity index (χ3v) is 12.5. The Kier molecular flexibility index (Phi) is 6.84. The van der Waals surface area contributed by atoms with E-state index in [2.05, 4.69) is 13.8 Å². The summed E-state index contributed by atoms with van der Waals surface area (Å²) in [6.07, 6.45) is 6.99. The fourth-order valence-corrected chi connectivity index (χ4v) is 10.5. The van der Waals surface area contributed by atoms with E-state index in [1.165, 1.54) is 0 Å². The molecule has 5 fully saturated rings. The first-order chi connectivity index (χ1) is 18.3. The third kappa shape index (κ3) is 4.18. The van der Waals surface area contributed by atoms with Gasteiger partial charge in [0.25, 0.3) is 0 Å². The Morgan fingerprint density at radius 1 is 1.05 bits per heavy atom. The van der Waals surface area contributed by atoms with Crippen LogP contribution in [0.2, 0.25) is 0 Å². The van der Waals surface area contributed by atoms with E-state index >= 15 is 0 Å². The normalized spacial score (nSPS) is 55.3. The van der Waals surface area contributed by atoms with Crippen molar-refractivity contribution >= 4 is 5.97 Å². The van der Waals surface area contributed by atoms with Gasteiger partial charge in [-0.25, -0.2) is 4.79 Å². The molecule has 6 rings (SSSR count). The molecule has 3 N–H and O–H groups in total. The monoisotopic (exact) mass is 548 g/mol. The zero-order valence-electron chi connectivity index (χ0n) is 24.2. The van der Waals surface area contributed by atoms with Crippen LogP contribution in [0.3, 0.4) is 0 Å². The Bertz CT molecular complexity index is 1010. The number of cyclic esters (lactones) is 1. The highest BCUT2D eigenvalue weighted by atomic mass is 16.7. The quantitative estimate of drug-likeness (QED) is 0.361.